The second-order valence-electron chi connectivity index (χ2n) is 12.0. The summed E-state index contributed by atoms with van der Waals surface area (Å²) >= 11 is 0. The van der Waals surface area contributed by atoms with E-state index in [-0.39, 0.29) is 51.0 Å². The molecular formula is C34H44N6O8. The number of carbonyl (C=O) groups excluding carboxylic acids is 2. The van der Waals surface area contributed by atoms with E-state index in [1.54, 1.807) is 19.6 Å². The van der Waals surface area contributed by atoms with Crippen molar-refractivity contribution in [2.45, 2.75) is 13.0 Å². The molecule has 0 aromatic heterocycles. The quantitative estimate of drug-likeness (QED) is 0.265. The first-order valence-corrected chi connectivity index (χ1v) is 16.0. The molecule has 0 spiro atoms. The Hall–Kier alpha value is -4.63. The number of anilines is 1. The zero-order chi connectivity index (χ0) is 34.5. The third-order valence-corrected chi connectivity index (χ3v) is 8.39. The molecule has 0 saturated carbocycles. The molecule has 2 amide bonds. The molecule has 0 bridgehead atoms. The van der Waals surface area contributed by atoms with Gasteiger partial charge in [-0.05, 0) is 22.8 Å². The normalized spacial score (nSPS) is 17.8. The summed E-state index contributed by atoms with van der Waals surface area (Å²) in [5.74, 6) is -3.50. The van der Waals surface area contributed by atoms with Crippen LogP contribution in [-0.2, 0) is 30.5 Å². The maximum Gasteiger partial charge on any atom is 0.317 e. The first kappa shape index (κ1) is 36.2. The number of carboxylic acid groups (broad SMARTS) is 3. The Bertz CT molecular complexity index is 1450. The van der Waals surface area contributed by atoms with Crippen molar-refractivity contribution in [3.8, 4) is 0 Å². The van der Waals surface area contributed by atoms with Gasteiger partial charge in [0.2, 0.25) is 11.8 Å². The Balaban J connectivity index is 1.38. The number of amides is 2. The Labute approximate surface area is 279 Å². The van der Waals surface area contributed by atoms with Gasteiger partial charge in [-0.2, -0.15) is 0 Å². The molecule has 0 aliphatic carbocycles. The van der Waals surface area contributed by atoms with E-state index >= 15 is 0 Å². The highest BCUT2D eigenvalue weighted by molar-refractivity contribution is 5.97. The lowest BCUT2D eigenvalue weighted by molar-refractivity contribution is -0.140. The van der Waals surface area contributed by atoms with Crippen molar-refractivity contribution in [2.24, 2.45) is 0 Å². The van der Waals surface area contributed by atoms with Crippen LogP contribution in [0.25, 0.3) is 12.2 Å². The van der Waals surface area contributed by atoms with Gasteiger partial charge >= 0.3 is 17.9 Å². The summed E-state index contributed by atoms with van der Waals surface area (Å²) < 4.78 is 0. The van der Waals surface area contributed by atoms with E-state index < -0.39 is 17.9 Å². The number of nitrogens with zero attached hydrogens (tertiary/aromatic N) is 5. The van der Waals surface area contributed by atoms with Crippen LogP contribution in [0.1, 0.15) is 23.1 Å². The van der Waals surface area contributed by atoms with Crippen molar-refractivity contribution >= 4 is 47.6 Å². The van der Waals surface area contributed by atoms with Crippen LogP contribution in [0.5, 0.6) is 0 Å². The minimum Gasteiger partial charge on any atom is -0.480 e. The van der Waals surface area contributed by atoms with Crippen LogP contribution < -0.4 is 10.2 Å². The van der Waals surface area contributed by atoms with Gasteiger partial charge in [-0.3, -0.25) is 43.6 Å². The fraction of sp³-hybridized carbons (Fsp3) is 0.441. The molecular weight excluding hydrogens is 620 g/mol. The molecule has 2 aromatic rings. The van der Waals surface area contributed by atoms with Crippen molar-refractivity contribution in [3.63, 3.8) is 0 Å². The number of carbonyl (C=O) groups is 5. The third-order valence-electron chi connectivity index (χ3n) is 8.39. The van der Waals surface area contributed by atoms with E-state index in [1.807, 2.05) is 65.6 Å². The van der Waals surface area contributed by atoms with E-state index in [2.05, 4.69) is 5.32 Å². The molecule has 14 nitrogen and oxygen atoms in total. The van der Waals surface area contributed by atoms with Gasteiger partial charge in [-0.15, -0.1) is 0 Å². The minimum absolute atomic E-state index is 0.0220. The molecule has 0 unspecified atom stereocenters. The van der Waals surface area contributed by atoms with Gasteiger partial charge in [0, 0.05) is 65.3 Å². The van der Waals surface area contributed by atoms with E-state index in [4.69, 9.17) is 0 Å². The highest BCUT2D eigenvalue weighted by Gasteiger charge is 2.23. The summed E-state index contributed by atoms with van der Waals surface area (Å²) in [5, 5.41) is 31.1. The number of aliphatic carboxylic acids is 3. The molecule has 1 saturated heterocycles. The number of para-hydroxylation sites is 1. The SMILES string of the molecule is O=C(O)CN1CCN(CC(=O)O)CCN(CC(=O)NCCC(=O)N2Cc3ccccc3/C=C\c3ccccc32)CCN(CC(=O)O)CC1. The van der Waals surface area contributed by atoms with Gasteiger partial charge in [0.25, 0.3) is 0 Å². The molecule has 2 heterocycles. The maximum atomic E-state index is 13.5. The highest BCUT2D eigenvalue weighted by Crippen LogP contribution is 2.29. The second-order valence-corrected chi connectivity index (χ2v) is 12.0. The molecule has 2 aliphatic heterocycles. The minimum atomic E-state index is -1.02. The van der Waals surface area contributed by atoms with Crippen LogP contribution in [-0.4, -0.2) is 150 Å². The summed E-state index contributed by atoms with van der Waals surface area (Å²) in [6.45, 7) is 2.21. The van der Waals surface area contributed by atoms with Gasteiger partial charge in [0.1, 0.15) is 0 Å². The van der Waals surface area contributed by atoms with Crippen molar-refractivity contribution < 1.29 is 39.3 Å². The van der Waals surface area contributed by atoms with Gasteiger partial charge in [0.05, 0.1) is 38.4 Å². The summed E-state index contributed by atoms with van der Waals surface area (Å²) in [4.78, 5) is 69.8. The molecule has 4 rings (SSSR count). The molecule has 2 aliphatic rings. The van der Waals surface area contributed by atoms with Crippen molar-refractivity contribution in [3.05, 3.63) is 65.2 Å². The Morgan fingerprint density at radius 3 is 1.54 bits per heavy atom. The zero-order valence-electron chi connectivity index (χ0n) is 27.0. The van der Waals surface area contributed by atoms with E-state index in [9.17, 15) is 39.3 Å². The fourth-order valence-electron chi connectivity index (χ4n) is 5.86. The van der Waals surface area contributed by atoms with Gasteiger partial charge in [0.15, 0.2) is 0 Å². The Morgan fingerprint density at radius 1 is 0.583 bits per heavy atom. The predicted octanol–water partition coefficient (Wildman–Crippen LogP) is 0.685. The van der Waals surface area contributed by atoms with Gasteiger partial charge in [-0.1, -0.05) is 54.6 Å². The lowest BCUT2D eigenvalue weighted by Gasteiger charge is -2.32. The van der Waals surface area contributed by atoms with Gasteiger partial charge < -0.3 is 25.5 Å². The highest BCUT2D eigenvalue weighted by atomic mass is 16.4. The summed E-state index contributed by atoms with van der Waals surface area (Å²) in [7, 11) is 0. The van der Waals surface area contributed by atoms with Crippen molar-refractivity contribution in [1.29, 1.82) is 0 Å². The summed E-state index contributed by atoms with van der Waals surface area (Å²) in [6.07, 6.45) is 4.12. The van der Waals surface area contributed by atoms with Crippen LogP contribution in [0, 0.1) is 0 Å². The lowest BCUT2D eigenvalue weighted by atomic mass is 10.0. The molecule has 4 N–H and O–H groups in total. The maximum absolute atomic E-state index is 13.5. The van der Waals surface area contributed by atoms with E-state index in [0.29, 0.717) is 58.9 Å². The number of benzene rings is 2. The molecule has 14 heteroatoms. The van der Waals surface area contributed by atoms with E-state index in [0.717, 1.165) is 22.4 Å². The van der Waals surface area contributed by atoms with Crippen LogP contribution in [0.15, 0.2) is 48.5 Å². The molecule has 0 atom stereocenters. The Kier molecular flexibility index (Phi) is 13.6. The first-order valence-electron chi connectivity index (χ1n) is 16.0. The smallest absolute Gasteiger partial charge is 0.317 e. The molecule has 0 radical (unpaired) electrons. The Morgan fingerprint density at radius 2 is 1.02 bits per heavy atom. The van der Waals surface area contributed by atoms with Crippen LogP contribution in [0.2, 0.25) is 0 Å². The van der Waals surface area contributed by atoms with Crippen molar-refractivity contribution in [1.82, 2.24) is 24.9 Å². The first-order chi connectivity index (χ1) is 23.1. The van der Waals surface area contributed by atoms with Gasteiger partial charge in [-0.25, -0.2) is 0 Å². The molecule has 1 fully saturated rings. The number of carboxylic acids is 3. The van der Waals surface area contributed by atoms with E-state index in [1.165, 1.54) is 0 Å². The monoisotopic (exact) mass is 664 g/mol. The second kappa shape index (κ2) is 18.1. The molecule has 258 valence electrons. The predicted molar refractivity (Wildman–Crippen MR) is 179 cm³/mol. The number of fused-ring (bicyclic) bond motifs is 2. The molecule has 48 heavy (non-hydrogen) atoms. The van der Waals surface area contributed by atoms with Crippen LogP contribution >= 0.6 is 0 Å². The topological polar surface area (TPSA) is 174 Å². The average molecular weight is 665 g/mol. The number of nitrogens with one attached hydrogen (secondary N) is 1. The largest absolute Gasteiger partial charge is 0.480 e. The van der Waals surface area contributed by atoms with Crippen LogP contribution in [0.3, 0.4) is 0 Å². The molecule has 2 aromatic carbocycles. The third kappa shape index (κ3) is 11.6. The summed E-state index contributed by atoms with van der Waals surface area (Å²) in [6, 6.07) is 15.6. The number of hydrogen-bond donors (Lipinski definition) is 4. The summed E-state index contributed by atoms with van der Waals surface area (Å²) in [5.41, 5.74) is 3.76. The lowest BCUT2D eigenvalue weighted by Crippen LogP contribution is -2.50. The average Bonchev–Trinajstić information content (AvgIpc) is 3.02. The number of rotatable bonds is 11. The fourth-order valence-corrected chi connectivity index (χ4v) is 5.86. The number of hydrogen-bond acceptors (Lipinski definition) is 9. The van der Waals surface area contributed by atoms with Crippen molar-refractivity contribution in [2.75, 3.05) is 90.0 Å². The van der Waals surface area contributed by atoms with Crippen LogP contribution in [0.4, 0.5) is 5.69 Å². The zero-order valence-corrected chi connectivity index (χ0v) is 27.0. The standard InChI is InChI=1S/C34H44N6O8/c41-30(35-12-11-31(42)40-21-28-7-2-1-5-26(28)9-10-27-6-3-4-8-29(27)40)22-36-13-15-37(23-32(43)44)17-19-39(25-34(47)48)20-18-38(16-14-36)24-33(45)46/h1-10H,11-25H2,(H,35,41)(H,43,44)(H,45,46)(H,47,48)/b10-9-.